The molecule has 1 aliphatic carbocycles. The highest BCUT2D eigenvalue weighted by molar-refractivity contribution is 7.18. The molecule has 1 aromatic carbocycles. The van der Waals surface area contributed by atoms with Crippen LogP contribution < -0.4 is 5.32 Å². The topological polar surface area (TPSA) is 52.7 Å². The average molecular weight is 452 g/mol. The number of amides is 2. The highest BCUT2D eigenvalue weighted by Gasteiger charge is 2.31. The molecule has 1 saturated carbocycles. The zero-order valence-corrected chi connectivity index (χ0v) is 18.0. The largest absolute Gasteiger partial charge is 0.416 e. The Morgan fingerprint density at radius 2 is 1.74 bits per heavy atom. The molecule has 0 unspecified atom stereocenters. The van der Waals surface area contributed by atoms with Gasteiger partial charge in [0.15, 0.2) is 0 Å². The van der Waals surface area contributed by atoms with Gasteiger partial charge >= 0.3 is 6.18 Å². The molecular weight excluding hydrogens is 427 g/mol. The van der Waals surface area contributed by atoms with Crippen molar-refractivity contribution in [2.45, 2.75) is 32.5 Å². The van der Waals surface area contributed by atoms with E-state index in [1.54, 1.807) is 4.90 Å². The van der Waals surface area contributed by atoms with Gasteiger partial charge in [-0.25, -0.2) is 0 Å². The Hall–Kier alpha value is -2.39. The second-order valence-corrected chi connectivity index (χ2v) is 9.20. The lowest BCUT2D eigenvalue weighted by Gasteiger charge is -2.34. The number of nitrogens with one attached hydrogen (secondary N) is 1. The first-order valence-electron chi connectivity index (χ1n) is 10.3. The summed E-state index contributed by atoms with van der Waals surface area (Å²) in [6.45, 7) is 4.85. The monoisotopic (exact) mass is 451 g/mol. The van der Waals surface area contributed by atoms with Gasteiger partial charge in [0.05, 0.1) is 15.4 Å². The molecule has 1 aliphatic heterocycles. The lowest BCUT2D eigenvalue weighted by molar-refractivity contribution is -0.137. The normalized spacial score (nSPS) is 17.6. The second kappa shape index (κ2) is 8.63. The molecule has 1 saturated heterocycles. The summed E-state index contributed by atoms with van der Waals surface area (Å²) in [6.07, 6.45) is -2.47. The molecule has 0 bridgehead atoms. The van der Waals surface area contributed by atoms with Crippen LogP contribution in [0.1, 0.15) is 39.2 Å². The first-order chi connectivity index (χ1) is 14.7. The average Bonchev–Trinajstić information content (AvgIpc) is 3.51. The van der Waals surface area contributed by atoms with Crippen LogP contribution in [0.4, 0.5) is 18.2 Å². The van der Waals surface area contributed by atoms with Crippen LogP contribution in [-0.2, 0) is 17.5 Å². The maximum Gasteiger partial charge on any atom is 0.416 e. The summed E-state index contributed by atoms with van der Waals surface area (Å²) in [7, 11) is 0. The van der Waals surface area contributed by atoms with Crippen molar-refractivity contribution < 1.29 is 22.8 Å². The summed E-state index contributed by atoms with van der Waals surface area (Å²) in [5, 5.41) is 3.61. The summed E-state index contributed by atoms with van der Waals surface area (Å²) < 4.78 is 38.1. The van der Waals surface area contributed by atoms with E-state index in [9.17, 15) is 22.8 Å². The van der Waals surface area contributed by atoms with Gasteiger partial charge in [0, 0.05) is 38.6 Å². The molecule has 2 heterocycles. The molecule has 1 N–H and O–H groups in total. The third kappa shape index (κ3) is 5.27. The summed E-state index contributed by atoms with van der Waals surface area (Å²) in [5.74, 6) is 0.0973. The Labute approximate surface area is 182 Å². The fraction of sp³-hybridized carbons (Fsp3) is 0.455. The first kappa shape index (κ1) is 21.8. The smallest absolute Gasteiger partial charge is 0.335 e. The lowest BCUT2D eigenvalue weighted by Crippen LogP contribution is -2.48. The summed E-state index contributed by atoms with van der Waals surface area (Å²) in [4.78, 5) is 29.5. The van der Waals surface area contributed by atoms with E-state index in [-0.39, 0.29) is 17.7 Å². The zero-order valence-electron chi connectivity index (χ0n) is 17.2. The first-order valence-corrected chi connectivity index (χ1v) is 11.1. The molecule has 4 rings (SSSR count). The van der Waals surface area contributed by atoms with Crippen molar-refractivity contribution in [3.63, 3.8) is 0 Å². The van der Waals surface area contributed by atoms with Crippen LogP contribution in [0, 0.1) is 12.8 Å². The number of carbonyl (C=O) groups is 2. The molecule has 31 heavy (non-hydrogen) atoms. The minimum absolute atomic E-state index is 0.0251. The van der Waals surface area contributed by atoms with Crippen LogP contribution >= 0.6 is 11.3 Å². The number of anilines is 1. The number of thiophene rings is 1. The Morgan fingerprint density at radius 3 is 2.32 bits per heavy atom. The minimum Gasteiger partial charge on any atom is -0.335 e. The van der Waals surface area contributed by atoms with Gasteiger partial charge in [0.1, 0.15) is 0 Å². The van der Waals surface area contributed by atoms with E-state index in [1.165, 1.54) is 23.5 Å². The fourth-order valence-electron chi connectivity index (χ4n) is 3.64. The van der Waals surface area contributed by atoms with Crippen LogP contribution in [0.25, 0.3) is 0 Å². The highest BCUT2D eigenvalue weighted by Crippen LogP contribution is 2.33. The van der Waals surface area contributed by atoms with E-state index in [1.807, 2.05) is 13.0 Å². The number of piperazine rings is 1. The van der Waals surface area contributed by atoms with Crippen molar-refractivity contribution in [3.05, 3.63) is 51.9 Å². The number of aryl methyl sites for hydroxylation is 1. The third-order valence-electron chi connectivity index (χ3n) is 5.65. The molecule has 2 aliphatic rings. The molecule has 1 aromatic heterocycles. The zero-order chi connectivity index (χ0) is 22.2. The Morgan fingerprint density at radius 1 is 1.10 bits per heavy atom. The lowest BCUT2D eigenvalue weighted by atomic mass is 10.1. The number of halogens is 3. The van der Waals surface area contributed by atoms with Gasteiger partial charge in [-0.05, 0) is 49.1 Å². The van der Waals surface area contributed by atoms with Crippen LogP contribution in [0.15, 0.2) is 30.3 Å². The fourth-order valence-corrected chi connectivity index (χ4v) is 4.68. The number of hydrogen-bond donors (Lipinski definition) is 1. The Balaban J connectivity index is 1.31. The molecule has 0 atom stereocenters. The van der Waals surface area contributed by atoms with Crippen LogP contribution in [0.3, 0.4) is 0 Å². The molecule has 166 valence electrons. The van der Waals surface area contributed by atoms with E-state index in [0.717, 1.165) is 36.1 Å². The maximum atomic E-state index is 13.0. The molecule has 0 radical (unpaired) electrons. The van der Waals surface area contributed by atoms with Gasteiger partial charge in [0.2, 0.25) is 5.91 Å². The Bertz CT molecular complexity index is 959. The SMILES string of the molecule is Cc1cc(NC(=O)C2CC2)sc1C(=O)N1CCN(Cc2ccc(C(F)(F)F)cc2)CC1. The molecule has 2 amide bonds. The number of hydrogen-bond acceptors (Lipinski definition) is 4. The number of alkyl halides is 3. The Kier molecular flexibility index (Phi) is 6.07. The quantitative estimate of drug-likeness (QED) is 0.734. The van der Waals surface area contributed by atoms with E-state index < -0.39 is 11.7 Å². The maximum absolute atomic E-state index is 13.0. The van der Waals surface area contributed by atoms with Gasteiger partial charge < -0.3 is 10.2 Å². The summed E-state index contributed by atoms with van der Waals surface area (Å²) >= 11 is 1.31. The van der Waals surface area contributed by atoms with Gasteiger partial charge in [0.25, 0.3) is 5.91 Å². The molecular formula is C22H24F3N3O2S. The predicted octanol–water partition coefficient (Wildman–Crippen LogP) is 4.38. The molecule has 2 fully saturated rings. The number of nitrogens with zero attached hydrogens (tertiary/aromatic N) is 2. The highest BCUT2D eigenvalue weighted by atomic mass is 32.1. The van der Waals surface area contributed by atoms with Gasteiger partial charge in [-0.2, -0.15) is 13.2 Å². The van der Waals surface area contributed by atoms with Gasteiger partial charge in [-0.1, -0.05) is 12.1 Å². The second-order valence-electron chi connectivity index (χ2n) is 8.15. The summed E-state index contributed by atoms with van der Waals surface area (Å²) in [6, 6.07) is 7.07. The molecule has 5 nitrogen and oxygen atoms in total. The molecule has 2 aromatic rings. The number of rotatable bonds is 5. The van der Waals surface area contributed by atoms with E-state index >= 15 is 0 Å². The van der Waals surface area contributed by atoms with E-state index in [4.69, 9.17) is 0 Å². The number of benzene rings is 1. The van der Waals surface area contributed by atoms with E-state index in [2.05, 4.69) is 10.2 Å². The van der Waals surface area contributed by atoms with Crippen molar-refractivity contribution in [3.8, 4) is 0 Å². The standard InChI is InChI=1S/C22H24F3N3O2S/c1-14-12-18(26-20(29)16-4-5-16)31-19(14)21(30)28-10-8-27(9-11-28)13-15-2-6-17(7-3-15)22(23,24)25/h2-3,6-7,12,16H,4-5,8-11,13H2,1H3,(H,26,29). The summed E-state index contributed by atoms with van der Waals surface area (Å²) in [5.41, 5.74) is 1.02. The van der Waals surface area contributed by atoms with Crippen molar-refractivity contribution in [2.24, 2.45) is 5.92 Å². The van der Waals surface area contributed by atoms with Crippen molar-refractivity contribution in [1.82, 2.24) is 9.80 Å². The third-order valence-corrected chi connectivity index (χ3v) is 6.79. The van der Waals surface area contributed by atoms with E-state index in [0.29, 0.717) is 42.6 Å². The van der Waals surface area contributed by atoms with Crippen LogP contribution in [0.5, 0.6) is 0 Å². The van der Waals surface area contributed by atoms with Crippen LogP contribution in [0.2, 0.25) is 0 Å². The predicted molar refractivity (Wildman–Crippen MR) is 113 cm³/mol. The van der Waals surface area contributed by atoms with Gasteiger partial charge in [-0.15, -0.1) is 11.3 Å². The van der Waals surface area contributed by atoms with Crippen LogP contribution in [-0.4, -0.2) is 47.8 Å². The van der Waals surface area contributed by atoms with Crippen molar-refractivity contribution in [2.75, 3.05) is 31.5 Å². The number of carbonyl (C=O) groups excluding carboxylic acids is 2. The molecule has 0 spiro atoms. The van der Waals surface area contributed by atoms with Gasteiger partial charge in [-0.3, -0.25) is 14.5 Å². The van der Waals surface area contributed by atoms with Crippen molar-refractivity contribution in [1.29, 1.82) is 0 Å². The van der Waals surface area contributed by atoms with Crippen molar-refractivity contribution >= 4 is 28.2 Å². The molecule has 9 heteroatoms. The minimum atomic E-state index is -4.33.